The molecule has 2 N–H and O–H groups in total. The average Bonchev–Trinajstić information content (AvgIpc) is 3.22. The predicted molar refractivity (Wildman–Crippen MR) is 79.7 cm³/mol. The molecule has 1 aromatic carbocycles. The van der Waals surface area contributed by atoms with E-state index in [1.54, 1.807) is 0 Å². The van der Waals surface area contributed by atoms with Crippen molar-refractivity contribution < 1.29 is 9.53 Å². The summed E-state index contributed by atoms with van der Waals surface area (Å²) in [4.78, 5) is 14.0. The van der Waals surface area contributed by atoms with Crippen LogP contribution in [0.3, 0.4) is 0 Å². The average molecular weight is 276 g/mol. The van der Waals surface area contributed by atoms with Gasteiger partial charge in [-0.3, -0.25) is 4.79 Å². The van der Waals surface area contributed by atoms with Crippen molar-refractivity contribution in [2.45, 2.75) is 45.7 Å². The third-order valence-electron chi connectivity index (χ3n) is 3.66. The fourth-order valence-corrected chi connectivity index (χ4v) is 2.40. The summed E-state index contributed by atoms with van der Waals surface area (Å²) in [6.45, 7) is 6.79. The maximum Gasteiger partial charge on any atom is 0.260 e. The van der Waals surface area contributed by atoms with Crippen molar-refractivity contribution in [2.24, 2.45) is 5.73 Å². The van der Waals surface area contributed by atoms with Crippen LogP contribution in [0.25, 0.3) is 0 Å². The van der Waals surface area contributed by atoms with Crippen LogP contribution >= 0.6 is 0 Å². The van der Waals surface area contributed by atoms with E-state index in [1.807, 2.05) is 43.9 Å². The van der Waals surface area contributed by atoms with Crippen LogP contribution in [0, 0.1) is 6.92 Å². The molecule has 0 bridgehead atoms. The lowest BCUT2D eigenvalue weighted by atomic mass is 10.1. The Hall–Kier alpha value is -1.55. The summed E-state index contributed by atoms with van der Waals surface area (Å²) < 4.78 is 5.70. The molecule has 0 saturated heterocycles. The molecule has 2 rings (SSSR count). The topological polar surface area (TPSA) is 55.6 Å². The number of nitrogens with two attached hydrogens (primary N) is 1. The molecule has 1 saturated carbocycles. The lowest BCUT2D eigenvalue weighted by molar-refractivity contribution is -0.133. The molecule has 1 aromatic rings. The number of carbonyl (C=O) groups excluding carboxylic acids is 1. The Labute approximate surface area is 120 Å². The van der Waals surface area contributed by atoms with Gasteiger partial charge in [-0.25, -0.2) is 0 Å². The van der Waals surface area contributed by atoms with Crippen LogP contribution in [-0.2, 0) is 4.79 Å². The molecular weight excluding hydrogens is 252 g/mol. The molecule has 4 heteroatoms. The SMILES string of the molecule is CCN(C(=O)COc1ccc(C)cc1[C@H](C)N)C1CC1. The summed E-state index contributed by atoms with van der Waals surface area (Å²) >= 11 is 0. The van der Waals surface area contributed by atoms with Gasteiger partial charge in [-0.15, -0.1) is 0 Å². The van der Waals surface area contributed by atoms with Crippen molar-refractivity contribution in [3.63, 3.8) is 0 Å². The Morgan fingerprint density at radius 2 is 2.20 bits per heavy atom. The van der Waals surface area contributed by atoms with E-state index in [1.165, 1.54) is 0 Å². The number of likely N-dealkylation sites (N-methyl/N-ethyl adjacent to an activating group) is 1. The lowest BCUT2D eigenvalue weighted by Crippen LogP contribution is -2.36. The Bertz CT molecular complexity index is 481. The van der Waals surface area contributed by atoms with Crippen molar-refractivity contribution in [3.8, 4) is 5.75 Å². The molecule has 4 nitrogen and oxygen atoms in total. The van der Waals surface area contributed by atoms with Gasteiger partial charge in [0.25, 0.3) is 5.91 Å². The van der Waals surface area contributed by atoms with E-state index in [0.29, 0.717) is 11.8 Å². The number of aryl methyl sites for hydroxylation is 1. The van der Waals surface area contributed by atoms with Gasteiger partial charge in [0.15, 0.2) is 6.61 Å². The van der Waals surface area contributed by atoms with Crippen molar-refractivity contribution in [3.05, 3.63) is 29.3 Å². The quantitative estimate of drug-likeness (QED) is 0.868. The van der Waals surface area contributed by atoms with Gasteiger partial charge in [-0.1, -0.05) is 17.7 Å². The molecule has 0 aromatic heterocycles. The predicted octanol–water partition coefficient (Wildman–Crippen LogP) is 2.40. The minimum Gasteiger partial charge on any atom is -0.483 e. The monoisotopic (exact) mass is 276 g/mol. The van der Waals surface area contributed by atoms with E-state index in [4.69, 9.17) is 10.5 Å². The summed E-state index contributed by atoms with van der Waals surface area (Å²) in [5.41, 5.74) is 8.05. The van der Waals surface area contributed by atoms with Crippen LogP contribution in [0.5, 0.6) is 5.75 Å². The van der Waals surface area contributed by atoms with Crippen molar-refractivity contribution >= 4 is 5.91 Å². The highest BCUT2D eigenvalue weighted by atomic mass is 16.5. The van der Waals surface area contributed by atoms with E-state index in [0.717, 1.165) is 30.5 Å². The molecule has 0 unspecified atom stereocenters. The standard InChI is InChI=1S/C16H24N2O2/c1-4-18(13-6-7-13)16(19)10-20-15-8-5-11(2)9-14(15)12(3)17/h5,8-9,12-13H,4,6-7,10,17H2,1-3H3/t12-/m0/s1. The van der Waals surface area contributed by atoms with Crippen molar-refractivity contribution in [1.82, 2.24) is 4.90 Å². The van der Waals surface area contributed by atoms with E-state index in [-0.39, 0.29) is 18.6 Å². The summed E-state index contributed by atoms with van der Waals surface area (Å²) in [6, 6.07) is 6.22. The second-order valence-electron chi connectivity index (χ2n) is 5.53. The largest absolute Gasteiger partial charge is 0.483 e. The number of carbonyl (C=O) groups is 1. The summed E-state index contributed by atoms with van der Waals surface area (Å²) in [5.74, 6) is 0.775. The highest BCUT2D eigenvalue weighted by Crippen LogP contribution is 2.28. The molecule has 1 fully saturated rings. The van der Waals surface area contributed by atoms with Crippen molar-refractivity contribution in [2.75, 3.05) is 13.2 Å². The van der Waals surface area contributed by atoms with Gasteiger partial charge >= 0.3 is 0 Å². The van der Waals surface area contributed by atoms with Gasteiger partial charge in [0, 0.05) is 24.2 Å². The minimum atomic E-state index is -0.106. The minimum absolute atomic E-state index is 0.0613. The second-order valence-corrected chi connectivity index (χ2v) is 5.53. The highest BCUT2D eigenvalue weighted by Gasteiger charge is 2.31. The fourth-order valence-electron chi connectivity index (χ4n) is 2.40. The van der Waals surface area contributed by atoms with Crippen LogP contribution in [0.2, 0.25) is 0 Å². The first-order valence-electron chi connectivity index (χ1n) is 7.31. The molecule has 110 valence electrons. The van der Waals surface area contributed by atoms with E-state index < -0.39 is 0 Å². The van der Waals surface area contributed by atoms with Crippen LogP contribution < -0.4 is 10.5 Å². The van der Waals surface area contributed by atoms with Gasteiger partial charge in [-0.05, 0) is 39.7 Å². The zero-order valence-electron chi connectivity index (χ0n) is 12.6. The van der Waals surface area contributed by atoms with Crippen LogP contribution in [0.1, 0.15) is 43.9 Å². The maximum absolute atomic E-state index is 12.1. The van der Waals surface area contributed by atoms with Crippen LogP contribution in [-0.4, -0.2) is 30.0 Å². The highest BCUT2D eigenvalue weighted by molar-refractivity contribution is 5.78. The molecule has 0 spiro atoms. The Balaban J connectivity index is 2.01. The molecule has 0 radical (unpaired) electrons. The van der Waals surface area contributed by atoms with Crippen LogP contribution in [0.4, 0.5) is 0 Å². The number of hydrogen-bond acceptors (Lipinski definition) is 3. The van der Waals surface area contributed by atoms with Gasteiger partial charge in [-0.2, -0.15) is 0 Å². The molecule has 1 aliphatic rings. The van der Waals surface area contributed by atoms with Gasteiger partial charge in [0.2, 0.25) is 0 Å². The van der Waals surface area contributed by atoms with Gasteiger partial charge < -0.3 is 15.4 Å². The van der Waals surface area contributed by atoms with Crippen molar-refractivity contribution in [1.29, 1.82) is 0 Å². The number of amides is 1. The van der Waals surface area contributed by atoms with Crippen LogP contribution in [0.15, 0.2) is 18.2 Å². The third kappa shape index (κ3) is 3.51. The summed E-state index contributed by atoms with van der Waals surface area (Å²) in [7, 11) is 0. The second kappa shape index (κ2) is 6.27. The number of nitrogens with zero attached hydrogens (tertiary/aromatic N) is 1. The first kappa shape index (κ1) is 14.9. The smallest absolute Gasteiger partial charge is 0.260 e. The zero-order chi connectivity index (χ0) is 14.7. The number of benzene rings is 1. The van der Waals surface area contributed by atoms with E-state index in [9.17, 15) is 4.79 Å². The van der Waals surface area contributed by atoms with Gasteiger partial charge in [0.1, 0.15) is 5.75 Å². The first-order chi connectivity index (χ1) is 9.52. The number of hydrogen-bond donors (Lipinski definition) is 1. The normalized spacial score (nSPS) is 15.8. The van der Waals surface area contributed by atoms with Gasteiger partial charge in [0.05, 0.1) is 0 Å². The number of rotatable bonds is 6. The molecule has 1 amide bonds. The summed E-state index contributed by atoms with van der Waals surface area (Å²) in [6.07, 6.45) is 2.24. The maximum atomic E-state index is 12.1. The molecule has 0 heterocycles. The third-order valence-corrected chi connectivity index (χ3v) is 3.66. The zero-order valence-corrected chi connectivity index (χ0v) is 12.6. The number of ether oxygens (including phenoxy) is 1. The molecular formula is C16H24N2O2. The Morgan fingerprint density at radius 1 is 1.50 bits per heavy atom. The Kier molecular flexibility index (Phi) is 4.65. The lowest BCUT2D eigenvalue weighted by Gasteiger charge is -2.21. The fraction of sp³-hybridized carbons (Fsp3) is 0.562. The Morgan fingerprint density at radius 3 is 2.75 bits per heavy atom. The summed E-state index contributed by atoms with van der Waals surface area (Å²) in [5, 5.41) is 0. The molecule has 1 atom stereocenters. The molecule has 20 heavy (non-hydrogen) atoms. The first-order valence-corrected chi connectivity index (χ1v) is 7.31. The molecule has 0 aliphatic heterocycles. The van der Waals surface area contributed by atoms with E-state index in [2.05, 4.69) is 0 Å². The molecule has 1 aliphatic carbocycles. The van der Waals surface area contributed by atoms with E-state index >= 15 is 0 Å².